The summed E-state index contributed by atoms with van der Waals surface area (Å²) in [6, 6.07) is 10.7. The van der Waals surface area contributed by atoms with E-state index < -0.39 is 11.7 Å². The van der Waals surface area contributed by atoms with Gasteiger partial charge in [0.25, 0.3) is 0 Å². The van der Waals surface area contributed by atoms with Crippen LogP contribution >= 0.6 is 0 Å². The molecule has 0 aliphatic rings. The topological polar surface area (TPSA) is 73.3 Å². The van der Waals surface area contributed by atoms with Gasteiger partial charge in [-0.05, 0) is 50.3 Å². The summed E-state index contributed by atoms with van der Waals surface area (Å²) < 4.78 is 10.7. The molecule has 2 rings (SSSR count). The smallest absolute Gasteiger partial charge is 0.407 e. The first-order chi connectivity index (χ1) is 13.8. The van der Waals surface area contributed by atoms with E-state index >= 15 is 0 Å². The predicted molar refractivity (Wildman–Crippen MR) is 116 cm³/mol. The summed E-state index contributed by atoms with van der Waals surface area (Å²) >= 11 is 0. The molecule has 2 aromatic rings. The van der Waals surface area contributed by atoms with Crippen molar-refractivity contribution in [1.82, 2.24) is 15.3 Å². The van der Waals surface area contributed by atoms with Crippen LogP contribution in [0.2, 0.25) is 0 Å². The summed E-state index contributed by atoms with van der Waals surface area (Å²) in [5, 5.41) is 2.64. The van der Waals surface area contributed by atoms with Crippen LogP contribution in [0, 0.1) is 0 Å². The van der Waals surface area contributed by atoms with Gasteiger partial charge in [-0.3, -0.25) is 0 Å². The molecule has 156 valence electrons. The Morgan fingerprint density at radius 3 is 2.10 bits per heavy atom. The molecule has 29 heavy (non-hydrogen) atoms. The number of allylic oxidation sites excluding steroid dienone is 2. The summed E-state index contributed by atoms with van der Waals surface area (Å²) in [6.07, 6.45) is 4.94. The Hall–Kier alpha value is -2.89. The van der Waals surface area contributed by atoms with Crippen LogP contribution in [0.15, 0.2) is 42.7 Å². The van der Waals surface area contributed by atoms with Gasteiger partial charge in [-0.1, -0.05) is 44.2 Å². The van der Waals surface area contributed by atoms with Crippen molar-refractivity contribution >= 4 is 17.2 Å². The molecule has 0 saturated heterocycles. The quantitative estimate of drug-likeness (QED) is 0.627. The van der Waals surface area contributed by atoms with E-state index in [-0.39, 0.29) is 12.6 Å². The van der Waals surface area contributed by atoms with Crippen LogP contribution in [0.3, 0.4) is 0 Å². The van der Waals surface area contributed by atoms with Crippen molar-refractivity contribution in [2.24, 2.45) is 0 Å². The molecule has 1 aromatic carbocycles. The highest BCUT2D eigenvalue weighted by molar-refractivity contribution is 5.90. The van der Waals surface area contributed by atoms with Crippen molar-refractivity contribution in [3.63, 3.8) is 0 Å². The summed E-state index contributed by atoms with van der Waals surface area (Å²) in [5.41, 5.74) is 4.22. The number of hydrogen-bond acceptors (Lipinski definition) is 5. The third-order valence-electron chi connectivity index (χ3n) is 4.17. The number of nitrogens with one attached hydrogen (secondary N) is 1. The Morgan fingerprint density at radius 2 is 1.55 bits per heavy atom. The number of rotatable bonds is 8. The van der Waals surface area contributed by atoms with Crippen molar-refractivity contribution < 1.29 is 14.3 Å². The monoisotopic (exact) mass is 397 g/mol. The van der Waals surface area contributed by atoms with Crippen molar-refractivity contribution in [3.8, 4) is 6.01 Å². The van der Waals surface area contributed by atoms with Crippen LogP contribution in [0.1, 0.15) is 58.6 Å². The highest BCUT2D eigenvalue weighted by Gasteiger charge is 2.15. The number of carbonyl (C=O) groups excluding carboxylic acids is 1. The normalized spacial score (nSPS) is 12.2. The standard InChI is InChI=1S/C23H31N3O3/c1-6-19(17-11-9-8-10-12-17)20(7-2)18-15-25-21(26-16-18)28-14-13-24-22(27)29-23(3,4)5/h8-12,15-16H,6-7,13-14H2,1-5H3,(H,24,27)/b20-19-. The Kier molecular flexibility index (Phi) is 8.19. The average Bonchev–Trinajstić information content (AvgIpc) is 2.69. The van der Waals surface area contributed by atoms with E-state index in [1.807, 2.05) is 26.8 Å². The van der Waals surface area contributed by atoms with E-state index in [1.54, 1.807) is 12.4 Å². The number of carbonyl (C=O) groups is 1. The van der Waals surface area contributed by atoms with Crippen LogP contribution in [0.4, 0.5) is 4.79 Å². The van der Waals surface area contributed by atoms with E-state index in [0.29, 0.717) is 6.54 Å². The lowest BCUT2D eigenvalue weighted by Crippen LogP contribution is -2.34. The lowest BCUT2D eigenvalue weighted by Gasteiger charge is -2.19. The van der Waals surface area contributed by atoms with Crippen LogP contribution in [0.25, 0.3) is 11.1 Å². The second-order valence-electron chi connectivity index (χ2n) is 7.56. The van der Waals surface area contributed by atoms with Gasteiger partial charge < -0.3 is 14.8 Å². The first-order valence-corrected chi connectivity index (χ1v) is 10.0. The lowest BCUT2D eigenvalue weighted by atomic mass is 9.93. The molecule has 0 aliphatic heterocycles. The zero-order chi connectivity index (χ0) is 21.3. The fraction of sp³-hybridized carbons (Fsp3) is 0.435. The summed E-state index contributed by atoms with van der Waals surface area (Å²) in [6.45, 7) is 10.3. The minimum atomic E-state index is -0.522. The van der Waals surface area contributed by atoms with E-state index in [0.717, 1.165) is 18.4 Å². The van der Waals surface area contributed by atoms with Gasteiger partial charge >= 0.3 is 12.1 Å². The number of nitrogens with zero attached hydrogens (tertiary/aromatic N) is 2. The molecule has 1 heterocycles. The molecule has 1 aromatic heterocycles. The molecular weight excluding hydrogens is 366 g/mol. The maximum absolute atomic E-state index is 11.6. The molecule has 0 unspecified atom stereocenters. The van der Waals surface area contributed by atoms with E-state index in [4.69, 9.17) is 9.47 Å². The van der Waals surface area contributed by atoms with Crippen molar-refractivity contribution in [1.29, 1.82) is 0 Å². The molecule has 0 bridgehead atoms. The van der Waals surface area contributed by atoms with Crippen molar-refractivity contribution in [3.05, 3.63) is 53.9 Å². The average molecular weight is 398 g/mol. The molecule has 1 amide bonds. The second-order valence-corrected chi connectivity index (χ2v) is 7.56. The molecule has 0 aliphatic carbocycles. The van der Waals surface area contributed by atoms with E-state index in [2.05, 4.69) is 53.4 Å². The second kappa shape index (κ2) is 10.6. The van der Waals surface area contributed by atoms with Gasteiger partial charge in [0.1, 0.15) is 12.2 Å². The van der Waals surface area contributed by atoms with Crippen LogP contribution in [0.5, 0.6) is 6.01 Å². The van der Waals surface area contributed by atoms with Gasteiger partial charge in [0.15, 0.2) is 0 Å². The molecule has 1 N–H and O–H groups in total. The largest absolute Gasteiger partial charge is 0.462 e. The maximum Gasteiger partial charge on any atom is 0.407 e. The minimum absolute atomic E-state index is 0.263. The Balaban J connectivity index is 1.98. The number of ether oxygens (including phenoxy) is 2. The number of amides is 1. The number of alkyl carbamates (subject to hydrolysis) is 1. The van der Waals surface area contributed by atoms with Crippen LogP contribution in [-0.4, -0.2) is 34.8 Å². The van der Waals surface area contributed by atoms with Crippen molar-refractivity contribution in [2.75, 3.05) is 13.2 Å². The Bertz CT molecular complexity index is 810. The lowest BCUT2D eigenvalue weighted by molar-refractivity contribution is 0.0519. The minimum Gasteiger partial charge on any atom is -0.462 e. The highest BCUT2D eigenvalue weighted by Crippen LogP contribution is 2.30. The van der Waals surface area contributed by atoms with E-state index in [1.165, 1.54) is 16.7 Å². The molecule has 0 saturated carbocycles. The molecule has 0 fully saturated rings. The summed E-state index contributed by atoms with van der Waals surface area (Å²) in [4.78, 5) is 20.3. The Morgan fingerprint density at radius 1 is 0.966 bits per heavy atom. The number of hydrogen-bond donors (Lipinski definition) is 1. The van der Waals surface area contributed by atoms with Gasteiger partial charge in [-0.25, -0.2) is 14.8 Å². The SMILES string of the molecule is CC/C(=C(\CC)c1cnc(OCCNC(=O)OC(C)(C)C)nc1)c1ccccc1. The predicted octanol–water partition coefficient (Wildman–Crippen LogP) is 5.11. The van der Waals surface area contributed by atoms with Gasteiger partial charge in [-0.15, -0.1) is 0 Å². The fourth-order valence-electron chi connectivity index (χ4n) is 2.98. The van der Waals surface area contributed by atoms with Crippen LogP contribution in [-0.2, 0) is 4.74 Å². The first-order valence-electron chi connectivity index (χ1n) is 10.0. The van der Waals surface area contributed by atoms with Crippen molar-refractivity contribution in [2.45, 2.75) is 53.1 Å². The molecule has 0 radical (unpaired) electrons. The van der Waals surface area contributed by atoms with Gasteiger partial charge in [-0.2, -0.15) is 0 Å². The molecule has 6 heteroatoms. The number of benzene rings is 1. The van der Waals surface area contributed by atoms with Crippen LogP contribution < -0.4 is 10.1 Å². The van der Waals surface area contributed by atoms with E-state index in [9.17, 15) is 4.79 Å². The molecule has 6 nitrogen and oxygen atoms in total. The third kappa shape index (κ3) is 7.22. The molecule has 0 spiro atoms. The molecular formula is C23H31N3O3. The summed E-state index contributed by atoms with van der Waals surface area (Å²) in [5.74, 6) is 0. The first kappa shape index (κ1) is 22.4. The zero-order valence-electron chi connectivity index (χ0n) is 18.0. The summed E-state index contributed by atoms with van der Waals surface area (Å²) in [7, 11) is 0. The molecule has 0 atom stereocenters. The Labute approximate surface area is 173 Å². The maximum atomic E-state index is 11.6. The third-order valence-corrected chi connectivity index (χ3v) is 4.17. The van der Waals surface area contributed by atoms with Gasteiger partial charge in [0, 0.05) is 18.0 Å². The number of aromatic nitrogens is 2. The van der Waals surface area contributed by atoms with Gasteiger partial charge in [0.2, 0.25) is 0 Å². The fourth-order valence-corrected chi connectivity index (χ4v) is 2.98. The zero-order valence-corrected chi connectivity index (χ0v) is 18.0. The van der Waals surface area contributed by atoms with Gasteiger partial charge in [0.05, 0.1) is 6.54 Å². The highest BCUT2D eigenvalue weighted by atomic mass is 16.6.